The quantitative estimate of drug-likeness (QED) is 0.904. The van der Waals surface area contributed by atoms with Crippen molar-refractivity contribution in [2.45, 2.75) is 58.4 Å². The Morgan fingerprint density at radius 3 is 2.71 bits per heavy atom. The molecule has 0 bridgehead atoms. The molecule has 0 aromatic carbocycles. The van der Waals surface area contributed by atoms with E-state index < -0.39 is 0 Å². The largest absolute Gasteiger partial charge is 0.353 e. The summed E-state index contributed by atoms with van der Waals surface area (Å²) in [5.41, 5.74) is 1.09. The summed E-state index contributed by atoms with van der Waals surface area (Å²) in [6.45, 7) is 9.92. The zero-order valence-electron chi connectivity index (χ0n) is 13.6. The second kappa shape index (κ2) is 6.30. The van der Waals surface area contributed by atoms with E-state index in [9.17, 15) is 0 Å². The van der Waals surface area contributed by atoms with E-state index in [1.54, 1.807) is 0 Å². The van der Waals surface area contributed by atoms with Crippen LogP contribution in [-0.2, 0) is 0 Å². The number of anilines is 1. The smallest absolute Gasteiger partial charge is 0.133 e. The zero-order valence-corrected chi connectivity index (χ0v) is 13.6. The first-order chi connectivity index (χ1) is 10.1. The molecule has 1 saturated carbocycles. The molecule has 2 fully saturated rings. The molecular formula is C17H28N4. The molecule has 1 unspecified atom stereocenters. The van der Waals surface area contributed by atoms with E-state index >= 15 is 0 Å². The number of hydrogen-bond acceptors (Lipinski definition) is 4. The van der Waals surface area contributed by atoms with E-state index in [-0.39, 0.29) is 0 Å². The maximum Gasteiger partial charge on any atom is 0.133 e. The topological polar surface area (TPSA) is 41.0 Å². The molecule has 2 heterocycles. The fraction of sp³-hybridized carbons (Fsp3) is 0.765. The summed E-state index contributed by atoms with van der Waals surface area (Å²) in [4.78, 5) is 12.0. The number of nitrogens with one attached hydrogen (secondary N) is 1. The average Bonchev–Trinajstić information content (AvgIpc) is 3.29. The van der Waals surface area contributed by atoms with E-state index in [1.165, 1.54) is 32.2 Å². The normalized spacial score (nSPS) is 22.6. The van der Waals surface area contributed by atoms with Crippen LogP contribution < -0.4 is 10.2 Å². The highest BCUT2D eigenvalue weighted by Crippen LogP contribution is 2.32. The summed E-state index contributed by atoms with van der Waals surface area (Å²) >= 11 is 0. The monoisotopic (exact) mass is 288 g/mol. The Hall–Kier alpha value is -1.16. The molecule has 0 spiro atoms. The van der Waals surface area contributed by atoms with E-state index in [1.807, 2.05) is 0 Å². The van der Waals surface area contributed by atoms with Gasteiger partial charge in [-0.15, -0.1) is 0 Å². The average molecular weight is 288 g/mol. The third kappa shape index (κ3) is 3.73. The van der Waals surface area contributed by atoms with Gasteiger partial charge in [0, 0.05) is 30.3 Å². The first-order valence-corrected chi connectivity index (χ1v) is 8.46. The van der Waals surface area contributed by atoms with Crippen molar-refractivity contribution in [1.82, 2.24) is 15.3 Å². The molecule has 4 nitrogen and oxygen atoms in total. The third-order valence-corrected chi connectivity index (χ3v) is 4.51. The Morgan fingerprint density at radius 2 is 2.10 bits per heavy atom. The number of piperidine rings is 1. The van der Waals surface area contributed by atoms with Gasteiger partial charge < -0.3 is 10.2 Å². The Morgan fingerprint density at radius 1 is 1.29 bits per heavy atom. The molecule has 0 radical (unpaired) electrons. The Labute approximate surface area is 128 Å². The minimum absolute atomic E-state index is 0.390. The molecule has 1 atom stereocenters. The van der Waals surface area contributed by atoms with Gasteiger partial charge in [-0.1, -0.05) is 13.8 Å². The molecule has 21 heavy (non-hydrogen) atoms. The van der Waals surface area contributed by atoms with Crippen LogP contribution in [0, 0.1) is 12.8 Å². The van der Waals surface area contributed by atoms with Crippen molar-refractivity contribution in [3.63, 3.8) is 0 Å². The molecule has 1 saturated heterocycles. The lowest BCUT2D eigenvalue weighted by atomic mass is 9.99. The van der Waals surface area contributed by atoms with Crippen LogP contribution in [0.25, 0.3) is 0 Å². The minimum Gasteiger partial charge on any atom is -0.353 e. The van der Waals surface area contributed by atoms with Crippen molar-refractivity contribution in [2.24, 2.45) is 5.92 Å². The van der Waals surface area contributed by atoms with Gasteiger partial charge >= 0.3 is 0 Å². The second-order valence-electron chi connectivity index (χ2n) is 6.98. The molecule has 1 aliphatic heterocycles. The van der Waals surface area contributed by atoms with E-state index in [0.29, 0.717) is 12.0 Å². The van der Waals surface area contributed by atoms with Crippen LogP contribution in [0.5, 0.6) is 0 Å². The maximum atomic E-state index is 4.85. The molecule has 0 amide bonds. The molecule has 1 aromatic heterocycles. The predicted octanol–water partition coefficient (Wildman–Crippen LogP) is 2.88. The van der Waals surface area contributed by atoms with Gasteiger partial charge in [-0.3, -0.25) is 0 Å². The van der Waals surface area contributed by atoms with Crippen LogP contribution in [-0.4, -0.2) is 35.6 Å². The highest BCUT2D eigenvalue weighted by Gasteiger charge is 2.32. The summed E-state index contributed by atoms with van der Waals surface area (Å²) < 4.78 is 0. The van der Waals surface area contributed by atoms with Crippen LogP contribution in [0.3, 0.4) is 0 Å². The van der Waals surface area contributed by atoms with Crippen molar-refractivity contribution < 1.29 is 0 Å². The zero-order chi connectivity index (χ0) is 14.8. The van der Waals surface area contributed by atoms with Gasteiger partial charge in [0.1, 0.15) is 11.6 Å². The molecular weight excluding hydrogens is 260 g/mol. The Kier molecular flexibility index (Phi) is 4.43. The summed E-state index contributed by atoms with van der Waals surface area (Å²) in [5.74, 6) is 3.29. The third-order valence-electron chi connectivity index (χ3n) is 4.51. The summed E-state index contributed by atoms with van der Waals surface area (Å²) in [5, 5.41) is 3.53. The van der Waals surface area contributed by atoms with Gasteiger partial charge in [-0.2, -0.15) is 0 Å². The van der Waals surface area contributed by atoms with Crippen LogP contribution in [0.4, 0.5) is 5.82 Å². The van der Waals surface area contributed by atoms with E-state index in [4.69, 9.17) is 4.98 Å². The molecule has 4 heteroatoms. The van der Waals surface area contributed by atoms with Gasteiger partial charge in [0.15, 0.2) is 0 Å². The van der Waals surface area contributed by atoms with Crippen molar-refractivity contribution in [3.8, 4) is 0 Å². The first kappa shape index (κ1) is 14.8. The second-order valence-corrected chi connectivity index (χ2v) is 6.98. The summed E-state index contributed by atoms with van der Waals surface area (Å²) in [6.07, 6.45) is 5.29. The van der Waals surface area contributed by atoms with Gasteiger partial charge in [0.05, 0.1) is 0 Å². The first-order valence-electron chi connectivity index (χ1n) is 8.46. The highest BCUT2D eigenvalue weighted by molar-refractivity contribution is 5.43. The lowest BCUT2D eigenvalue weighted by Gasteiger charge is -2.31. The van der Waals surface area contributed by atoms with E-state index in [2.05, 4.69) is 42.0 Å². The number of hydrogen-bond donors (Lipinski definition) is 1. The van der Waals surface area contributed by atoms with Crippen molar-refractivity contribution in [1.29, 1.82) is 0 Å². The van der Waals surface area contributed by atoms with Gasteiger partial charge in [0.25, 0.3) is 0 Å². The highest BCUT2D eigenvalue weighted by atomic mass is 15.2. The SMILES string of the molecule is Cc1cc(N(CC2CCCNC2)C2CC2)nc(C(C)C)n1. The van der Waals surface area contributed by atoms with Crippen LogP contribution >= 0.6 is 0 Å². The van der Waals surface area contributed by atoms with Gasteiger partial charge in [0.2, 0.25) is 0 Å². The van der Waals surface area contributed by atoms with Crippen molar-refractivity contribution in [2.75, 3.05) is 24.5 Å². The summed E-state index contributed by atoms with van der Waals surface area (Å²) in [7, 11) is 0. The minimum atomic E-state index is 0.390. The molecule has 116 valence electrons. The lowest BCUT2D eigenvalue weighted by molar-refractivity contribution is 0.375. The lowest BCUT2D eigenvalue weighted by Crippen LogP contribution is -2.39. The number of nitrogens with zero attached hydrogens (tertiary/aromatic N) is 3. The fourth-order valence-corrected chi connectivity index (χ4v) is 3.15. The Bertz CT molecular complexity index is 476. The number of aromatic nitrogens is 2. The molecule has 1 aliphatic carbocycles. The Balaban J connectivity index is 1.79. The predicted molar refractivity (Wildman–Crippen MR) is 86.8 cm³/mol. The van der Waals surface area contributed by atoms with Crippen LogP contribution in [0.1, 0.15) is 57.0 Å². The van der Waals surface area contributed by atoms with Gasteiger partial charge in [-0.05, 0) is 51.6 Å². The molecule has 1 aromatic rings. The molecule has 2 aliphatic rings. The fourth-order valence-electron chi connectivity index (χ4n) is 3.15. The van der Waals surface area contributed by atoms with Crippen LogP contribution in [0.15, 0.2) is 6.07 Å². The number of aryl methyl sites for hydroxylation is 1. The van der Waals surface area contributed by atoms with Crippen molar-refractivity contribution in [3.05, 3.63) is 17.6 Å². The van der Waals surface area contributed by atoms with Crippen molar-refractivity contribution >= 4 is 5.82 Å². The maximum absolute atomic E-state index is 4.85. The van der Waals surface area contributed by atoms with Crippen LogP contribution in [0.2, 0.25) is 0 Å². The summed E-state index contributed by atoms with van der Waals surface area (Å²) in [6, 6.07) is 2.88. The van der Waals surface area contributed by atoms with Gasteiger partial charge in [-0.25, -0.2) is 9.97 Å². The molecule has 1 N–H and O–H groups in total. The van der Waals surface area contributed by atoms with E-state index in [0.717, 1.165) is 36.3 Å². The molecule has 3 rings (SSSR count). The standard InChI is InChI=1S/C17H28N4/c1-12(2)17-19-13(3)9-16(20-17)21(15-6-7-15)11-14-5-4-8-18-10-14/h9,12,14-15,18H,4-8,10-11H2,1-3H3. The number of rotatable bonds is 5.